The molecular formula is C16H32N2O. The molecule has 0 aromatic rings. The number of nitrogens with zero attached hydrogens (tertiary/aromatic N) is 1. The van der Waals surface area contributed by atoms with Gasteiger partial charge in [0.2, 0.25) is 0 Å². The number of likely N-dealkylation sites (tertiary alicyclic amines) is 1. The summed E-state index contributed by atoms with van der Waals surface area (Å²) in [4.78, 5) is 2.67. The van der Waals surface area contributed by atoms with Crippen molar-refractivity contribution in [1.82, 2.24) is 10.2 Å². The molecule has 1 N–H and O–H groups in total. The Morgan fingerprint density at radius 2 is 2.00 bits per heavy atom. The summed E-state index contributed by atoms with van der Waals surface area (Å²) in [5, 5.41) is 3.60. The smallest absolute Gasteiger partial charge is 0.0702 e. The van der Waals surface area contributed by atoms with Gasteiger partial charge in [-0.05, 0) is 51.1 Å². The van der Waals surface area contributed by atoms with Crippen LogP contribution < -0.4 is 5.32 Å². The molecule has 1 aliphatic carbocycles. The van der Waals surface area contributed by atoms with E-state index in [4.69, 9.17) is 4.74 Å². The number of hydrogen-bond donors (Lipinski definition) is 1. The van der Waals surface area contributed by atoms with Crippen LogP contribution in [0.4, 0.5) is 0 Å². The van der Waals surface area contributed by atoms with Gasteiger partial charge in [0, 0.05) is 26.2 Å². The van der Waals surface area contributed by atoms with E-state index >= 15 is 0 Å². The molecule has 112 valence electrons. The van der Waals surface area contributed by atoms with Crippen molar-refractivity contribution < 1.29 is 4.74 Å². The third-order valence-corrected chi connectivity index (χ3v) is 4.84. The van der Waals surface area contributed by atoms with Gasteiger partial charge < -0.3 is 15.0 Å². The van der Waals surface area contributed by atoms with Crippen LogP contribution in [0.25, 0.3) is 0 Å². The molecule has 1 saturated heterocycles. The highest BCUT2D eigenvalue weighted by Crippen LogP contribution is 2.38. The van der Waals surface area contributed by atoms with Crippen molar-refractivity contribution in [2.24, 2.45) is 5.41 Å². The molecule has 0 radical (unpaired) electrons. The van der Waals surface area contributed by atoms with Gasteiger partial charge in [0.1, 0.15) is 0 Å². The molecule has 2 fully saturated rings. The second-order valence-electron chi connectivity index (χ2n) is 6.44. The Kier molecular flexibility index (Phi) is 6.11. The summed E-state index contributed by atoms with van der Waals surface area (Å²) in [6.07, 6.45) is 8.72. The van der Waals surface area contributed by atoms with Gasteiger partial charge in [-0.2, -0.15) is 0 Å². The Hall–Kier alpha value is -0.120. The summed E-state index contributed by atoms with van der Waals surface area (Å²) >= 11 is 0. The summed E-state index contributed by atoms with van der Waals surface area (Å²) < 4.78 is 5.83. The minimum Gasteiger partial charge on any atom is -0.377 e. The third-order valence-electron chi connectivity index (χ3n) is 4.84. The van der Waals surface area contributed by atoms with Crippen LogP contribution in [0.15, 0.2) is 0 Å². The van der Waals surface area contributed by atoms with Crippen molar-refractivity contribution >= 4 is 0 Å². The fourth-order valence-electron chi connectivity index (χ4n) is 3.91. The van der Waals surface area contributed by atoms with E-state index in [0.717, 1.165) is 19.7 Å². The van der Waals surface area contributed by atoms with Crippen LogP contribution in [0.1, 0.15) is 52.4 Å². The van der Waals surface area contributed by atoms with Gasteiger partial charge in [0.05, 0.1) is 6.10 Å². The van der Waals surface area contributed by atoms with E-state index in [1.54, 1.807) is 0 Å². The van der Waals surface area contributed by atoms with E-state index in [9.17, 15) is 0 Å². The molecular weight excluding hydrogens is 236 g/mol. The lowest BCUT2D eigenvalue weighted by Crippen LogP contribution is -2.47. The molecule has 0 bridgehead atoms. The molecule has 3 heteroatoms. The maximum absolute atomic E-state index is 5.83. The van der Waals surface area contributed by atoms with Gasteiger partial charge in [-0.25, -0.2) is 0 Å². The normalized spacial score (nSPS) is 27.8. The number of ether oxygens (including phenoxy) is 1. The molecule has 1 unspecified atom stereocenters. The first-order valence-electron chi connectivity index (χ1n) is 8.33. The van der Waals surface area contributed by atoms with E-state index in [0.29, 0.717) is 11.5 Å². The van der Waals surface area contributed by atoms with Gasteiger partial charge >= 0.3 is 0 Å². The summed E-state index contributed by atoms with van der Waals surface area (Å²) in [5.74, 6) is 0. The second-order valence-corrected chi connectivity index (χ2v) is 6.44. The van der Waals surface area contributed by atoms with Gasteiger partial charge in [0.15, 0.2) is 0 Å². The Morgan fingerprint density at radius 3 is 2.68 bits per heavy atom. The molecule has 0 spiro atoms. The monoisotopic (exact) mass is 268 g/mol. The molecule has 1 aliphatic heterocycles. The molecule has 1 atom stereocenters. The Labute approximate surface area is 119 Å². The van der Waals surface area contributed by atoms with Crippen molar-refractivity contribution in [3.8, 4) is 0 Å². The fraction of sp³-hybridized carbons (Fsp3) is 1.00. The molecule has 0 amide bonds. The largest absolute Gasteiger partial charge is 0.377 e. The predicted molar refractivity (Wildman–Crippen MR) is 80.5 cm³/mol. The van der Waals surface area contributed by atoms with Crippen LogP contribution in [0.5, 0.6) is 0 Å². The van der Waals surface area contributed by atoms with E-state index in [1.807, 2.05) is 0 Å². The minimum atomic E-state index is 0.483. The van der Waals surface area contributed by atoms with E-state index < -0.39 is 0 Å². The molecule has 2 rings (SSSR count). The first kappa shape index (κ1) is 15.3. The summed E-state index contributed by atoms with van der Waals surface area (Å²) in [5.41, 5.74) is 0.546. The van der Waals surface area contributed by atoms with E-state index in [2.05, 4.69) is 24.1 Å². The molecule has 0 aromatic carbocycles. The molecule has 0 aromatic heterocycles. The van der Waals surface area contributed by atoms with Crippen molar-refractivity contribution in [2.75, 3.05) is 39.3 Å². The van der Waals surface area contributed by atoms with Crippen LogP contribution >= 0.6 is 0 Å². The van der Waals surface area contributed by atoms with Gasteiger partial charge in [0.25, 0.3) is 0 Å². The average Bonchev–Trinajstić information content (AvgIpc) is 2.86. The standard InChI is InChI=1S/C16H32N2O/c1-3-17-13-16(9-5-6-10-16)14-18-11-7-8-15(12-18)19-4-2/h15,17H,3-14H2,1-2H3. The quantitative estimate of drug-likeness (QED) is 0.768. The van der Waals surface area contributed by atoms with Crippen molar-refractivity contribution in [3.05, 3.63) is 0 Å². The lowest BCUT2D eigenvalue weighted by molar-refractivity contribution is -0.00636. The maximum atomic E-state index is 5.83. The predicted octanol–water partition coefficient (Wildman–Crippen LogP) is 2.66. The Bertz CT molecular complexity index is 249. The Balaban J connectivity index is 1.85. The van der Waals surface area contributed by atoms with Crippen LogP contribution in [-0.2, 0) is 4.74 Å². The number of rotatable bonds is 7. The van der Waals surface area contributed by atoms with Crippen molar-refractivity contribution in [3.63, 3.8) is 0 Å². The highest BCUT2D eigenvalue weighted by atomic mass is 16.5. The van der Waals surface area contributed by atoms with E-state index in [-0.39, 0.29) is 0 Å². The fourth-order valence-corrected chi connectivity index (χ4v) is 3.91. The molecule has 2 aliphatic rings. The molecule has 19 heavy (non-hydrogen) atoms. The van der Waals surface area contributed by atoms with Gasteiger partial charge in [-0.15, -0.1) is 0 Å². The lowest BCUT2D eigenvalue weighted by Gasteiger charge is -2.39. The van der Waals surface area contributed by atoms with E-state index in [1.165, 1.54) is 58.2 Å². The van der Waals surface area contributed by atoms with Gasteiger partial charge in [-0.3, -0.25) is 0 Å². The minimum absolute atomic E-state index is 0.483. The summed E-state index contributed by atoms with van der Waals surface area (Å²) in [7, 11) is 0. The van der Waals surface area contributed by atoms with Crippen LogP contribution in [0.3, 0.4) is 0 Å². The van der Waals surface area contributed by atoms with Crippen LogP contribution in [-0.4, -0.2) is 50.3 Å². The molecule has 1 saturated carbocycles. The zero-order valence-corrected chi connectivity index (χ0v) is 12.9. The topological polar surface area (TPSA) is 24.5 Å². The van der Waals surface area contributed by atoms with Crippen LogP contribution in [0, 0.1) is 5.41 Å². The number of hydrogen-bond acceptors (Lipinski definition) is 3. The zero-order chi connectivity index (χ0) is 13.6. The highest BCUT2D eigenvalue weighted by molar-refractivity contribution is 4.90. The average molecular weight is 268 g/mol. The van der Waals surface area contributed by atoms with Crippen LogP contribution in [0.2, 0.25) is 0 Å². The first-order chi connectivity index (χ1) is 9.28. The summed E-state index contributed by atoms with van der Waals surface area (Å²) in [6, 6.07) is 0. The van der Waals surface area contributed by atoms with Crippen molar-refractivity contribution in [1.29, 1.82) is 0 Å². The third kappa shape index (κ3) is 4.44. The maximum Gasteiger partial charge on any atom is 0.0702 e. The number of piperidine rings is 1. The number of nitrogens with one attached hydrogen (secondary N) is 1. The lowest BCUT2D eigenvalue weighted by atomic mass is 9.84. The van der Waals surface area contributed by atoms with Crippen molar-refractivity contribution in [2.45, 2.75) is 58.5 Å². The Morgan fingerprint density at radius 1 is 1.21 bits per heavy atom. The summed E-state index contributed by atoms with van der Waals surface area (Å²) in [6.45, 7) is 11.2. The highest BCUT2D eigenvalue weighted by Gasteiger charge is 2.36. The second kappa shape index (κ2) is 7.61. The zero-order valence-electron chi connectivity index (χ0n) is 12.9. The molecule has 3 nitrogen and oxygen atoms in total. The SMILES string of the molecule is CCNCC1(CN2CCCC(OCC)C2)CCCC1. The van der Waals surface area contributed by atoms with Gasteiger partial charge in [-0.1, -0.05) is 19.8 Å². The molecule has 1 heterocycles. The first-order valence-corrected chi connectivity index (χ1v) is 8.33.